The van der Waals surface area contributed by atoms with Crippen LogP contribution >= 0.6 is 0 Å². The molecule has 5 nitrogen and oxygen atoms in total. The number of carbonyl (C=O) groups is 2. The molecule has 1 amide bonds. The summed E-state index contributed by atoms with van der Waals surface area (Å²) in [6.07, 6.45) is 3.41. The third-order valence-corrected chi connectivity index (χ3v) is 3.63. The summed E-state index contributed by atoms with van der Waals surface area (Å²) in [6.45, 7) is 6.59. The number of pyridine rings is 1. The van der Waals surface area contributed by atoms with Gasteiger partial charge in [0.05, 0.1) is 5.56 Å². The van der Waals surface area contributed by atoms with E-state index < -0.39 is 11.4 Å². The molecule has 5 heteroatoms. The fourth-order valence-electron chi connectivity index (χ4n) is 2.36. The largest absolute Gasteiger partial charge is 0.478 e. The summed E-state index contributed by atoms with van der Waals surface area (Å²) in [5, 5.41) is 8.98. The van der Waals surface area contributed by atoms with Crippen molar-refractivity contribution in [1.82, 2.24) is 9.88 Å². The van der Waals surface area contributed by atoms with E-state index in [1.165, 1.54) is 0 Å². The van der Waals surface area contributed by atoms with E-state index in [1.54, 1.807) is 41.6 Å². The molecular weight excluding hydrogens is 304 g/mol. The second-order valence-corrected chi connectivity index (χ2v) is 6.77. The zero-order chi connectivity index (χ0) is 17.7. The molecule has 24 heavy (non-hydrogen) atoms. The summed E-state index contributed by atoms with van der Waals surface area (Å²) >= 11 is 0. The summed E-state index contributed by atoms with van der Waals surface area (Å²) < 4.78 is 0. The predicted octanol–water partition coefficient (Wildman–Crippen LogP) is 3.35. The van der Waals surface area contributed by atoms with E-state index in [0.29, 0.717) is 13.1 Å². The second-order valence-electron chi connectivity index (χ2n) is 6.77. The Morgan fingerprint density at radius 1 is 0.958 bits per heavy atom. The van der Waals surface area contributed by atoms with Gasteiger partial charge < -0.3 is 10.0 Å². The second kappa shape index (κ2) is 7.25. The van der Waals surface area contributed by atoms with Crippen molar-refractivity contribution in [2.24, 2.45) is 5.41 Å². The van der Waals surface area contributed by atoms with Gasteiger partial charge in [-0.3, -0.25) is 9.78 Å². The molecular formula is C19H22N2O3. The number of hydrogen-bond acceptors (Lipinski definition) is 3. The highest BCUT2D eigenvalue weighted by atomic mass is 16.4. The standard InChI is InChI=1S/C19H22N2O3/c1-19(2,3)18(24)21(13-15-8-10-20-11-9-15)12-14-4-6-16(7-5-14)17(22)23/h4-11H,12-13H2,1-3H3,(H,22,23). The van der Waals surface area contributed by atoms with Crippen LogP contribution in [0.25, 0.3) is 0 Å². The van der Waals surface area contributed by atoms with Gasteiger partial charge in [-0.2, -0.15) is 0 Å². The third-order valence-electron chi connectivity index (χ3n) is 3.63. The van der Waals surface area contributed by atoms with Crippen LogP contribution in [-0.2, 0) is 17.9 Å². The molecule has 0 atom stereocenters. The molecule has 126 valence electrons. The number of hydrogen-bond donors (Lipinski definition) is 1. The maximum Gasteiger partial charge on any atom is 0.335 e. The van der Waals surface area contributed by atoms with Gasteiger partial charge in [0.25, 0.3) is 0 Å². The molecule has 0 unspecified atom stereocenters. The predicted molar refractivity (Wildman–Crippen MR) is 91.3 cm³/mol. The Morgan fingerprint density at radius 2 is 1.46 bits per heavy atom. The molecule has 0 aliphatic rings. The van der Waals surface area contributed by atoms with Gasteiger partial charge in [-0.05, 0) is 35.4 Å². The van der Waals surface area contributed by atoms with Crippen LogP contribution in [-0.4, -0.2) is 26.9 Å². The van der Waals surface area contributed by atoms with E-state index in [2.05, 4.69) is 4.98 Å². The molecule has 0 aliphatic carbocycles. The van der Waals surface area contributed by atoms with E-state index in [-0.39, 0.29) is 11.5 Å². The molecule has 2 rings (SSSR count). The van der Waals surface area contributed by atoms with Crippen LogP contribution < -0.4 is 0 Å². The quantitative estimate of drug-likeness (QED) is 0.914. The van der Waals surface area contributed by atoms with Crippen LogP contribution in [0.2, 0.25) is 0 Å². The lowest BCUT2D eigenvalue weighted by atomic mass is 9.94. The molecule has 0 saturated heterocycles. The fraction of sp³-hybridized carbons (Fsp3) is 0.316. The van der Waals surface area contributed by atoms with Crippen molar-refractivity contribution in [1.29, 1.82) is 0 Å². The summed E-state index contributed by atoms with van der Waals surface area (Å²) in [5.41, 5.74) is 1.65. The zero-order valence-corrected chi connectivity index (χ0v) is 14.2. The average Bonchev–Trinajstić information content (AvgIpc) is 2.54. The van der Waals surface area contributed by atoms with E-state index in [0.717, 1.165) is 11.1 Å². The highest BCUT2D eigenvalue weighted by molar-refractivity contribution is 5.87. The van der Waals surface area contributed by atoms with Crippen molar-refractivity contribution in [2.75, 3.05) is 0 Å². The SMILES string of the molecule is CC(C)(C)C(=O)N(Cc1ccncc1)Cc1ccc(C(=O)O)cc1. The van der Waals surface area contributed by atoms with Gasteiger partial charge in [0.2, 0.25) is 5.91 Å². The Balaban J connectivity index is 2.22. The van der Waals surface area contributed by atoms with Crippen LogP contribution in [0, 0.1) is 5.41 Å². The number of carboxylic acid groups (broad SMARTS) is 1. The van der Waals surface area contributed by atoms with Crippen LogP contribution in [0.1, 0.15) is 42.3 Å². The first-order chi connectivity index (χ1) is 11.3. The molecule has 0 radical (unpaired) electrons. The molecule has 1 heterocycles. The number of aromatic nitrogens is 1. The Bertz CT molecular complexity index is 704. The van der Waals surface area contributed by atoms with E-state index in [1.807, 2.05) is 32.9 Å². The maximum absolute atomic E-state index is 12.8. The van der Waals surface area contributed by atoms with Crippen LogP contribution in [0.15, 0.2) is 48.8 Å². The van der Waals surface area contributed by atoms with Crippen molar-refractivity contribution in [3.63, 3.8) is 0 Å². The molecule has 0 fully saturated rings. The number of rotatable bonds is 5. The van der Waals surface area contributed by atoms with Crippen LogP contribution in [0.5, 0.6) is 0 Å². The number of carboxylic acids is 1. The molecule has 1 N–H and O–H groups in total. The van der Waals surface area contributed by atoms with Gasteiger partial charge in [-0.15, -0.1) is 0 Å². The third kappa shape index (κ3) is 4.65. The van der Waals surface area contributed by atoms with Crippen molar-refractivity contribution < 1.29 is 14.7 Å². The van der Waals surface area contributed by atoms with Gasteiger partial charge in [0, 0.05) is 30.9 Å². The van der Waals surface area contributed by atoms with E-state index in [9.17, 15) is 9.59 Å². The minimum Gasteiger partial charge on any atom is -0.478 e. The molecule has 0 saturated carbocycles. The summed E-state index contributed by atoms with van der Waals surface area (Å²) in [7, 11) is 0. The smallest absolute Gasteiger partial charge is 0.335 e. The van der Waals surface area contributed by atoms with Gasteiger partial charge in [0.1, 0.15) is 0 Å². The van der Waals surface area contributed by atoms with Gasteiger partial charge in [-0.25, -0.2) is 4.79 Å². The first kappa shape index (κ1) is 17.7. The summed E-state index contributed by atoms with van der Waals surface area (Å²) in [6, 6.07) is 10.4. The fourth-order valence-corrected chi connectivity index (χ4v) is 2.36. The highest BCUT2D eigenvalue weighted by Gasteiger charge is 2.27. The number of carbonyl (C=O) groups excluding carboxylic acids is 1. The van der Waals surface area contributed by atoms with E-state index >= 15 is 0 Å². The van der Waals surface area contributed by atoms with E-state index in [4.69, 9.17) is 5.11 Å². The van der Waals surface area contributed by atoms with Crippen molar-refractivity contribution >= 4 is 11.9 Å². The maximum atomic E-state index is 12.8. The minimum atomic E-state index is -0.957. The first-order valence-corrected chi connectivity index (χ1v) is 7.78. The molecule has 0 spiro atoms. The number of nitrogens with zero attached hydrogens (tertiary/aromatic N) is 2. The zero-order valence-electron chi connectivity index (χ0n) is 14.2. The summed E-state index contributed by atoms with van der Waals surface area (Å²) in [5.74, 6) is -0.914. The molecule has 1 aromatic carbocycles. The Morgan fingerprint density at radius 3 is 1.92 bits per heavy atom. The monoisotopic (exact) mass is 326 g/mol. The molecule has 2 aromatic rings. The van der Waals surface area contributed by atoms with Gasteiger partial charge in [-0.1, -0.05) is 32.9 Å². The minimum absolute atomic E-state index is 0.0432. The Kier molecular flexibility index (Phi) is 5.34. The lowest BCUT2D eigenvalue weighted by molar-refractivity contribution is -0.140. The molecule has 0 aliphatic heterocycles. The molecule has 1 aromatic heterocycles. The number of benzene rings is 1. The van der Waals surface area contributed by atoms with Crippen molar-refractivity contribution in [2.45, 2.75) is 33.9 Å². The molecule has 0 bridgehead atoms. The number of aromatic carboxylic acids is 1. The number of amides is 1. The summed E-state index contributed by atoms with van der Waals surface area (Å²) in [4.78, 5) is 29.5. The normalized spacial score (nSPS) is 11.1. The van der Waals surface area contributed by atoms with Crippen LogP contribution in [0.3, 0.4) is 0 Å². The first-order valence-electron chi connectivity index (χ1n) is 7.78. The van der Waals surface area contributed by atoms with Crippen molar-refractivity contribution in [3.8, 4) is 0 Å². The van der Waals surface area contributed by atoms with Gasteiger partial charge >= 0.3 is 5.97 Å². The lowest BCUT2D eigenvalue weighted by Gasteiger charge is -2.30. The van der Waals surface area contributed by atoms with Gasteiger partial charge in [0.15, 0.2) is 0 Å². The Labute approximate surface area is 142 Å². The van der Waals surface area contributed by atoms with Crippen LogP contribution in [0.4, 0.5) is 0 Å². The Hall–Kier alpha value is -2.69. The average molecular weight is 326 g/mol. The van der Waals surface area contributed by atoms with Crippen molar-refractivity contribution in [3.05, 3.63) is 65.5 Å². The lowest BCUT2D eigenvalue weighted by Crippen LogP contribution is -2.38. The highest BCUT2D eigenvalue weighted by Crippen LogP contribution is 2.21. The topological polar surface area (TPSA) is 70.5 Å².